The number of rotatable bonds is 6. The molecule has 1 aromatic rings. The van der Waals surface area contributed by atoms with E-state index >= 15 is 0 Å². The summed E-state index contributed by atoms with van der Waals surface area (Å²) in [6, 6.07) is 4.59. The molecule has 3 heteroatoms. The lowest BCUT2D eigenvalue weighted by atomic mass is 9.84. The molecule has 3 nitrogen and oxygen atoms in total. The summed E-state index contributed by atoms with van der Waals surface area (Å²) in [5, 5.41) is 2.87. The first kappa shape index (κ1) is 18.7. The monoisotopic (exact) mass is 304 g/mol. The second-order valence-corrected chi connectivity index (χ2v) is 7.10. The number of carbonyl (C=O) groups excluding carboxylic acids is 1. The number of benzene rings is 1. The van der Waals surface area contributed by atoms with Gasteiger partial charge in [0, 0.05) is 13.1 Å². The van der Waals surface area contributed by atoms with E-state index < -0.39 is 0 Å². The normalized spacial score (nSPS) is 11.8. The standard InChI is InChI=1S/C19H32N2O/c1-8-20-18(22)13-21(9-2)12-17-14(3)10-16(11-15(17)4)19(5,6)7/h10-11H,8-9,12-13H2,1-7H3,(H,20,22). The van der Waals surface area contributed by atoms with Crippen molar-refractivity contribution in [1.82, 2.24) is 10.2 Å². The molecular weight excluding hydrogens is 272 g/mol. The fourth-order valence-electron chi connectivity index (χ4n) is 2.64. The Labute approximate surface area is 136 Å². The molecule has 0 aliphatic carbocycles. The molecule has 1 rings (SSSR count). The van der Waals surface area contributed by atoms with Crippen LogP contribution in [0.15, 0.2) is 12.1 Å². The molecule has 0 atom stereocenters. The minimum absolute atomic E-state index is 0.103. The van der Waals surface area contributed by atoms with Gasteiger partial charge in [0.05, 0.1) is 6.54 Å². The van der Waals surface area contributed by atoms with Gasteiger partial charge in [0.25, 0.3) is 0 Å². The largest absolute Gasteiger partial charge is 0.355 e. The third-order valence-electron chi connectivity index (χ3n) is 4.13. The van der Waals surface area contributed by atoms with Crippen molar-refractivity contribution < 1.29 is 4.79 Å². The van der Waals surface area contributed by atoms with E-state index in [2.05, 4.69) is 63.9 Å². The van der Waals surface area contributed by atoms with Gasteiger partial charge in [-0.15, -0.1) is 0 Å². The highest BCUT2D eigenvalue weighted by atomic mass is 16.2. The summed E-state index contributed by atoms with van der Waals surface area (Å²) in [5.41, 5.74) is 5.52. The Bertz CT molecular complexity index is 492. The highest BCUT2D eigenvalue weighted by Gasteiger charge is 2.17. The number of nitrogens with zero attached hydrogens (tertiary/aromatic N) is 1. The maximum absolute atomic E-state index is 11.8. The molecular formula is C19H32N2O. The number of amides is 1. The van der Waals surface area contributed by atoms with Crippen LogP contribution in [0.1, 0.15) is 56.9 Å². The molecule has 22 heavy (non-hydrogen) atoms. The minimum Gasteiger partial charge on any atom is -0.355 e. The third kappa shape index (κ3) is 5.13. The van der Waals surface area contributed by atoms with Crippen LogP contribution in [-0.4, -0.2) is 30.4 Å². The fraction of sp³-hybridized carbons (Fsp3) is 0.632. The molecule has 0 bridgehead atoms. The van der Waals surface area contributed by atoms with Gasteiger partial charge in [-0.25, -0.2) is 0 Å². The van der Waals surface area contributed by atoms with Gasteiger partial charge in [-0.05, 0) is 55.0 Å². The summed E-state index contributed by atoms with van der Waals surface area (Å²) in [5.74, 6) is 0.103. The van der Waals surface area contributed by atoms with E-state index in [1.54, 1.807) is 0 Å². The summed E-state index contributed by atoms with van der Waals surface area (Å²) < 4.78 is 0. The number of nitrogens with one attached hydrogen (secondary N) is 1. The first-order chi connectivity index (χ1) is 10.2. The molecule has 0 heterocycles. The van der Waals surface area contributed by atoms with Crippen LogP contribution >= 0.6 is 0 Å². The highest BCUT2D eigenvalue weighted by molar-refractivity contribution is 5.77. The lowest BCUT2D eigenvalue weighted by molar-refractivity contribution is -0.122. The average Bonchev–Trinajstić information content (AvgIpc) is 2.40. The Hall–Kier alpha value is -1.35. The van der Waals surface area contributed by atoms with E-state index in [4.69, 9.17) is 0 Å². The summed E-state index contributed by atoms with van der Waals surface area (Å²) >= 11 is 0. The molecule has 1 N–H and O–H groups in total. The smallest absolute Gasteiger partial charge is 0.234 e. The number of likely N-dealkylation sites (N-methyl/N-ethyl adjacent to an activating group) is 2. The summed E-state index contributed by atoms with van der Waals surface area (Å²) in [4.78, 5) is 14.0. The van der Waals surface area contributed by atoms with Crippen molar-refractivity contribution in [2.24, 2.45) is 0 Å². The highest BCUT2D eigenvalue weighted by Crippen LogP contribution is 2.27. The molecule has 0 saturated heterocycles. The van der Waals surface area contributed by atoms with Gasteiger partial charge in [-0.2, -0.15) is 0 Å². The molecule has 0 saturated carbocycles. The molecule has 0 unspecified atom stereocenters. The van der Waals surface area contributed by atoms with Gasteiger partial charge in [-0.1, -0.05) is 39.8 Å². The summed E-state index contributed by atoms with van der Waals surface area (Å²) in [6.07, 6.45) is 0. The quantitative estimate of drug-likeness (QED) is 0.871. The van der Waals surface area contributed by atoms with Crippen LogP contribution < -0.4 is 5.32 Å². The number of hydrogen-bond acceptors (Lipinski definition) is 2. The summed E-state index contributed by atoms with van der Waals surface area (Å²) in [6.45, 7) is 18.0. The van der Waals surface area contributed by atoms with Gasteiger partial charge >= 0.3 is 0 Å². The van der Waals surface area contributed by atoms with Gasteiger partial charge < -0.3 is 5.32 Å². The van der Waals surface area contributed by atoms with Crippen LogP contribution in [0.4, 0.5) is 0 Å². The minimum atomic E-state index is 0.103. The SMILES string of the molecule is CCNC(=O)CN(CC)Cc1c(C)cc(C(C)(C)C)cc1C. The number of aryl methyl sites for hydroxylation is 2. The van der Waals surface area contributed by atoms with Crippen LogP contribution in [0.25, 0.3) is 0 Å². The van der Waals surface area contributed by atoms with Crippen molar-refractivity contribution in [3.63, 3.8) is 0 Å². The van der Waals surface area contributed by atoms with E-state index in [9.17, 15) is 4.79 Å². The predicted octanol–water partition coefficient (Wildman–Crippen LogP) is 3.56. The van der Waals surface area contributed by atoms with Gasteiger partial charge in [0.2, 0.25) is 5.91 Å². The Balaban J connectivity index is 2.94. The van der Waals surface area contributed by atoms with Crippen molar-refractivity contribution >= 4 is 5.91 Å². The molecule has 124 valence electrons. The van der Waals surface area contributed by atoms with Crippen molar-refractivity contribution in [2.75, 3.05) is 19.6 Å². The first-order valence-electron chi connectivity index (χ1n) is 8.28. The molecule has 0 fully saturated rings. The third-order valence-corrected chi connectivity index (χ3v) is 4.13. The zero-order valence-electron chi connectivity index (χ0n) is 15.3. The van der Waals surface area contributed by atoms with Crippen molar-refractivity contribution in [3.05, 3.63) is 34.4 Å². The molecule has 1 aromatic carbocycles. The lowest BCUT2D eigenvalue weighted by Gasteiger charge is -2.25. The summed E-state index contributed by atoms with van der Waals surface area (Å²) in [7, 11) is 0. The maximum Gasteiger partial charge on any atom is 0.234 e. The Morgan fingerprint density at radius 2 is 1.68 bits per heavy atom. The first-order valence-corrected chi connectivity index (χ1v) is 8.28. The lowest BCUT2D eigenvalue weighted by Crippen LogP contribution is -2.37. The number of carbonyl (C=O) groups is 1. The van der Waals surface area contributed by atoms with Crippen molar-refractivity contribution in [2.45, 2.75) is 60.4 Å². The van der Waals surface area contributed by atoms with E-state index in [0.29, 0.717) is 13.1 Å². The maximum atomic E-state index is 11.8. The molecule has 0 aliphatic rings. The van der Waals surface area contributed by atoms with Crippen molar-refractivity contribution in [3.8, 4) is 0 Å². The molecule has 0 radical (unpaired) electrons. The topological polar surface area (TPSA) is 32.3 Å². The Morgan fingerprint density at radius 1 is 1.14 bits per heavy atom. The van der Waals surface area contributed by atoms with Crippen LogP contribution in [0, 0.1) is 13.8 Å². The molecule has 1 amide bonds. The fourth-order valence-corrected chi connectivity index (χ4v) is 2.64. The van der Waals surface area contributed by atoms with Gasteiger partial charge in [-0.3, -0.25) is 9.69 Å². The number of hydrogen-bond donors (Lipinski definition) is 1. The molecule has 0 spiro atoms. The van der Waals surface area contributed by atoms with E-state index in [1.165, 1.54) is 22.3 Å². The molecule has 0 aromatic heterocycles. The van der Waals surface area contributed by atoms with Crippen LogP contribution in [0.2, 0.25) is 0 Å². The zero-order chi connectivity index (χ0) is 16.9. The van der Waals surface area contributed by atoms with E-state index in [0.717, 1.165) is 13.1 Å². The second-order valence-electron chi connectivity index (χ2n) is 7.10. The van der Waals surface area contributed by atoms with E-state index in [-0.39, 0.29) is 11.3 Å². The predicted molar refractivity (Wildman–Crippen MR) is 94.3 cm³/mol. The average molecular weight is 304 g/mol. The Kier molecular flexibility index (Phi) is 6.61. The van der Waals surface area contributed by atoms with Crippen molar-refractivity contribution in [1.29, 1.82) is 0 Å². The van der Waals surface area contributed by atoms with Crippen LogP contribution in [0.5, 0.6) is 0 Å². The Morgan fingerprint density at radius 3 is 2.09 bits per heavy atom. The van der Waals surface area contributed by atoms with Gasteiger partial charge in [0.1, 0.15) is 0 Å². The van der Waals surface area contributed by atoms with E-state index in [1.807, 2.05) is 6.92 Å². The second kappa shape index (κ2) is 7.77. The van der Waals surface area contributed by atoms with Gasteiger partial charge in [0.15, 0.2) is 0 Å². The molecule has 0 aliphatic heterocycles. The van der Waals surface area contributed by atoms with Crippen LogP contribution in [-0.2, 0) is 16.8 Å². The van der Waals surface area contributed by atoms with Crippen LogP contribution in [0.3, 0.4) is 0 Å². The zero-order valence-corrected chi connectivity index (χ0v) is 15.3.